The van der Waals surface area contributed by atoms with Crippen LogP contribution < -0.4 is 0 Å². The molecule has 0 aliphatic heterocycles. The van der Waals surface area contributed by atoms with Crippen molar-refractivity contribution in [1.29, 1.82) is 0 Å². The summed E-state index contributed by atoms with van der Waals surface area (Å²) < 4.78 is 0. The van der Waals surface area contributed by atoms with Gasteiger partial charge in [0.1, 0.15) is 0 Å². The van der Waals surface area contributed by atoms with Crippen molar-refractivity contribution in [2.75, 3.05) is 13.1 Å². The summed E-state index contributed by atoms with van der Waals surface area (Å²) in [4.78, 5) is 14.7. The van der Waals surface area contributed by atoms with Gasteiger partial charge in [-0.2, -0.15) is 0 Å². The first kappa shape index (κ1) is 24.9. The molecule has 0 aromatic rings. The van der Waals surface area contributed by atoms with Crippen LogP contribution in [-0.2, 0) is 0 Å². The third-order valence-corrected chi connectivity index (χ3v) is 4.50. The molecule has 0 saturated heterocycles. The SMILES string of the molecule is CCN(CCCC(C)(C)/N=C(\C)N(C(C)C)C(C)C)/C(C)=N/C(C)(C)C. The minimum Gasteiger partial charge on any atom is -0.361 e. The molecule has 0 aromatic carbocycles. The average molecular weight is 367 g/mol. The molecule has 0 N–H and O–H groups in total. The van der Waals surface area contributed by atoms with Gasteiger partial charge in [-0.05, 0) is 95.9 Å². The Kier molecular flexibility index (Phi) is 9.90. The van der Waals surface area contributed by atoms with Crippen molar-refractivity contribution >= 4 is 11.7 Å². The van der Waals surface area contributed by atoms with Gasteiger partial charge in [0.2, 0.25) is 0 Å². The van der Waals surface area contributed by atoms with Gasteiger partial charge in [0.25, 0.3) is 0 Å². The fraction of sp³-hybridized carbons (Fsp3) is 0.909. The number of hydrogen-bond donors (Lipinski definition) is 0. The summed E-state index contributed by atoms with van der Waals surface area (Å²) in [6.45, 7) is 28.4. The van der Waals surface area contributed by atoms with Crippen molar-refractivity contribution in [1.82, 2.24) is 9.80 Å². The summed E-state index contributed by atoms with van der Waals surface area (Å²) in [6.07, 6.45) is 2.20. The predicted molar refractivity (Wildman–Crippen MR) is 119 cm³/mol. The van der Waals surface area contributed by atoms with E-state index >= 15 is 0 Å². The summed E-state index contributed by atoms with van der Waals surface area (Å²) in [6, 6.07) is 0.947. The lowest BCUT2D eigenvalue weighted by Crippen LogP contribution is -2.42. The zero-order valence-electron chi connectivity index (χ0n) is 19.8. The lowest BCUT2D eigenvalue weighted by molar-refractivity contribution is 0.284. The third-order valence-electron chi connectivity index (χ3n) is 4.50. The van der Waals surface area contributed by atoms with Gasteiger partial charge in [-0.3, -0.25) is 9.98 Å². The van der Waals surface area contributed by atoms with E-state index in [1.165, 1.54) is 0 Å². The Labute approximate surface area is 164 Å². The maximum Gasteiger partial charge on any atom is 0.0968 e. The van der Waals surface area contributed by atoms with Crippen molar-refractivity contribution in [2.45, 2.75) is 119 Å². The van der Waals surface area contributed by atoms with Crippen molar-refractivity contribution in [2.24, 2.45) is 9.98 Å². The van der Waals surface area contributed by atoms with Gasteiger partial charge in [0.05, 0.1) is 22.7 Å². The second kappa shape index (κ2) is 10.3. The van der Waals surface area contributed by atoms with E-state index in [1.54, 1.807) is 0 Å². The Hall–Kier alpha value is -1.06. The average Bonchev–Trinajstić information content (AvgIpc) is 2.39. The highest BCUT2D eigenvalue weighted by molar-refractivity contribution is 5.81. The second-order valence-electron chi connectivity index (χ2n) is 9.58. The lowest BCUT2D eigenvalue weighted by Gasteiger charge is -2.35. The van der Waals surface area contributed by atoms with Crippen LogP contribution in [0, 0.1) is 0 Å². The van der Waals surface area contributed by atoms with Gasteiger partial charge >= 0.3 is 0 Å². The first-order chi connectivity index (χ1) is 11.7. The molecule has 0 aromatic heterocycles. The molecule has 0 aliphatic rings. The van der Waals surface area contributed by atoms with E-state index in [0.29, 0.717) is 12.1 Å². The van der Waals surface area contributed by atoms with Crippen LogP contribution in [0.2, 0.25) is 0 Å². The molecular formula is C22H46N4. The summed E-state index contributed by atoms with van der Waals surface area (Å²) in [5, 5.41) is 0. The van der Waals surface area contributed by atoms with Crippen molar-refractivity contribution in [3.05, 3.63) is 0 Å². The number of amidine groups is 2. The van der Waals surface area contributed by atoms with E-state index in [1.807, 2.05) is 0 Å². The van der Waals surface area contributed by atoms with E-state index in [9.17, 15) is 0 Å². The molecule has 0 amide bonds. The van der Waals surface area contributed by atoms with E-state index in [2.05, 4.69) is 92.9 Å². The zero-order chi connectivity index (χ0) is 20.7. The van der Waals surface area contributed by atoms with Crippen LogP contribution in [0.15, 0.2) is 9.98 Å². The number of hydrogen-bond acceptors (Lipinski definition) is 2. The van der Waals surface area contributed by atoms with Crippen LogP contribution in [0.3, 0.4) is 0 Å². The standard InChI is InChI=1S/C22H46N4/c1-13-25(19(6)23-21(8,9)10)16-14-15-22(11,12)24-20(7)26(17(2)3)18(4)5/h17-18H,13-16H2,1-12H3/b23-19+,24-20+. The van der Waals surface area contributed by atoms with Crippen LogP contribution in [0.1, 0.15) is 95.9 Å². The van der Waals surface area contributed by atoms with Crippen LogP contribution in [-0.4, -0.2) is 57.7 Å². The van der Waals surface area contributed by atoms with E-state index in [-0.39, 0.29) is 11.1 Å². The molecule has 0 atom stereocenters. The molecule has 26 heavy (non-hydrogen) atoms. The highest BCUT2D eigenvalue weighted by atomic mass is 15.2. The Balaban J connectivity index is 4.91. The van der Waals surface area contributed by atoms with Crippen LogP contribution in [0.4, 0.5) is 0 Å². The molecule has 0 aliphatic carbocycles. The van der Waals surface area contributed by atoms with Crippen molar-refractivity contribution in [3.8, 4) is 0 Å². The Morgan fingerprint density at radius 3 is 1.73 bits per heavy atom. The molecule has 0 unspecified atom stereocenters. The normalized spacial score (nSPS) is 14.4. The molecule has 0 saturated carbocycles. The maximum atomic E-state index is 5.07. The van der Waals surface area contributed by atoms with Crippen LogP contribution in [0.5, 0.6) is 0 Å². The van der Waals surface area contributed by atoms with E-state index in [0.717, 1.165) is 37.6 Å². The Morgan fingerprint density at radius 2 is 1.35 bits per heavy atom. The molecule has 0 rings (SSSR count). The maximum absolute atomic E-state index is 5.07. The van der Waals surface area contributed by atoms with Gasteiger partial charge in [0, 0.05) is 25.2 Å². The van der Waals surface area contributed by atoms with E-state index in [4.69, 9.17) is 9.98 Å². The second-order valence-corrected chi connectivity index (χ2v) is 9.58. The molecule has 0 spiro atoms. The van der Waals surface area contributed by atoms with Gasteiger partial charge in [0.15, 0.2) is 0 Å². The summed E-state index contributed by atoms with van der Waals surface area (Å²) in [7, 11) is 0. The van der Waals surface area contributed by atoms with Crippen molar-refractivity contribution in [3.63, 3.8) is 0 Å². The molecule has 4 heteroatoms. The third kappa shape index (κ3) is 9.59. The fourth-order valence-corrected chi connectivity index (χ4v) is 3.70. The topological polar surface area (TPSA) is 31.2 Å². The zero-order valence-corrected chi connectivity index (χ0v) is 19.8. The minimum atomic E-state index is -0.0411. The molecule has 0 heterocycles. The number of aliphatic imine (C=N–C) groups is 2. The largest absolute Gasteiger partial charge is 0.361 e. The van der Waals surface area contributed by atoms with Gasteiger partial charge in [-0.25, -0.2) is 0 Å². The molecule has 154 valence electrons. The van der Waals surface area contributed by atoms with Crippen LogP contribution in [0.25, 0.3) is 0 Å². The molecule has 4 nitrogen and oxygen atoms in total. The number of nitrogens with zero attached hydrogens (tertiary/aromatic N) is 4. The van der Waals surface area contributed by atoms with Gasteiger partial charge in [-0.1, -0.05) is 0 Å². The number of rotatable bonds is 8. The lowest BCUT2D eigenvalue weighted by atomic mass is 9.99. The van der Waals surface area contributed by atoms with E-state index < -0.39 is 0 Å². The predicted octanol–water partition coefficient (Wildman–Crippen LogP) is 5.62. The smallest absolute Gasteiger partial charge is 0.0968 e. The van der Waals surface area contributed by atoms with Gasteiger partial charge in [-0.15, -0.1) is 0 Å². The molecular weight excluding hydrogens is 320 g/mol. The summed E-state index contributed by atoms with van der Waals surface area (Å²) in [5.41, 5.74) is -0.0596. The quantitative estimate of drug-likeness (QED) is 0.412. The first-order valence-corrected chi connectivity index (χ1v) is 10.4. The highest BCUT2D eigenvalue weighted by Gasteiger charge is 2.21. The first-order valence-electron chi connectivity index (χ1n) is 10.4. The van der Waals surface area contributed by atoms with Gasteiger partial charge < -0.3 is 9.80 Å². The fourth-order valence-electron chi connectivity index (χ4n) is 3.70. The Morgan fingerprint density at radius 1 is 0.846 bits per heavy atom. The Bertz CT molecular complexity index is 459. The monoisotopic (exact) mass is 366 g/mol. The van der Waals surface area contributed by atoms with Crippen LogP contribution >= 0.6 is 0 Å². The van der Waals surface area contributed by atoms with Crippen molar-refractivity contribution < 1.29 is 0 Å². The molecule has 0 fully saturated rings. The molecule has 0 radical (unpaired) electrons. The minimum absolute atomic E-state index is 0.0185. The highest BCUT2D eigenvalue weighted by Crippen LogP contribution is 2.20. The summed E-state index contributed by atoms with van der Waals surface area (Å²) >= 11 is 0. The summed E-state index contributed by atoms with van der Waals surface area (Å²) in [5.74, 6) is 2.29. The molecule has 0 bridgehead atoms.